The van der Waals surface area contributed by atoms with E-state index in [4.69, 9.17) is 5.73 Å². The number of hydrogen-bond acceptors (Lipinski definition) is 4. The van der Waals surface area contributed by atoms with Crippen LogP contribution in [0.5, 0.6) is 0 Å². The van der Waals surface area contributed by atoms with Crippen molar-refractivity contribution in [3.05, 3.63) is 88.7 Å². The van der Waals surface area contributed by atoms with E-state index < -0.39 is 23.6 Å². The van der Waals surface area contributed by atoms with E-state index in [2.05, 4.69) is 4.98 Å². The second-order valence-corrected chi connectivity index (χ2v) is 7.38. The Hall–Kier alpha value is -3.16. The van der Waals surface area contributed by atoms with E-state index >= 15 is 0 Å². The number of amides is 1. The predicted molar refractivity (Wildman–Crippen MR) is 108 cm³/mol. The minimum Gasteiger partial charge on any atom is -0.387 e. The zero-order valence-corrected chi connectivity index (χ0v) is 16.2. The molecule has 0 aliphatic carbocycles. The van der Waals surface area contributed by atoms with Crippen molar-refractivity contribution in [2.24, 2.45) is 5.73 Å². The number of aliphatic hydroxyl groups is 1. The molecule has 5 nitrogen and oxygen atoms in total. The van der Waals surface area contributed by atoms with E-state index in [1.165, 1.54) is 18.2 Å². The summed E-state index contributed by atoms with van der Waals surface area (Å²) in [5.74, 6) is -2.10. The summed E-state index contributed by atoms with van der Waals surface area (Å²) in [5, 5.41) is 10.5. The lowest BCUT2D eigenvalue weighted by Crippen LogP contribution is -2.35. The van der Waals surface area contributed by atoms with Crippen LogP contribution in [-0.4, -0.2) is 34.0 Å². The molecule has 0 bridgehead atoms. The molecule has 3 aromatic rings. The summed E-state index contributed by atoms with van der Waals surface area (Å²) in [6.07, 6.45) is -0.115. The summed E-state index contributed by atoms with van der Waals surface area (Å²) in [7, 11) is 0. The van der Waals surface area contributed by atoms with Crippen molar-refractivity contribution in [3.63, 3.8) is 0 Å². The van der Waals surface area contributed by atoms with Gasteiger partial charge in [0.2, 0.25) is 0 Å². The molecule has 3 N–H and O–H groups in total. The second-order valence-electron chi connectivity index (χ2n) is 7.38. The number of rotatable bonds is 5. The summed E-state index contributed by atoms with van der Waals surface area (Å²) < 4.78 is 27.8. The topological polar surface area (TPSA) is 79.5 Å². The van der Waals surface area contributed by atoms with Gasteiger partial charge in [0.15, 0.2) is 0 Å². The van der Waals surface area contributed by atoms with Crippen molar-refractivity contribution in [2.45, 2.75) is 19.1 Å². The fourth-order valence-corrected chi connectivity index (χ4v) is 3.85. The Balaban J connectivity index is 1.67. The molecule has 4 rings (SSSR count). The van der Waals surface area contributed by atoms with Crippen molar-refractivity contribution >= 4 is 5.91 Å². The van der Waals surface area contributed by atoms with Gasteiger partial charge in [-0.3, -0.25) is 9.69 Å². The lowest BCUT2D eigenvalue weighted by molar-refractivity contribution is 0.0987. The fraction of sp³-hybridized carbons (Fsp3) is 0.217. The van der Waals surface area contributed by atoms with Crippen molar-refractivity contribution < 1.29 is 18.7 Å². The van der Waals surface area contributed by atoms with Gasteiger partial charge in [0.25, 0.3) is 5.91 Å². The number of halogens is 2. The van der Waals surface area contributed by atoms with Crippen LogP contribution in [0.25, 0.3) is 11.1 Å². The van der Waals surface area contributed by atoms with Gasteiger partial charge in [-0.15, -0.1) is 0 Å². The van der Waals surface area contributed by atoms with Gasteiger partial charge in [-0.1, -0.05) is 30.3 Å². The molecule has 30 heavy (non-hydrogen) atoms. The number of β-amino-alcohol motifs (C(OH)–C–C–N with tert-alkyl or cyclic N) is 1. The number of carbonyl (C=O) groups is 1. The highest BCUT2D eigenvalue weighted by Crippen LogP contribution is 2.32. The van der Waals surface area contributed by atoms with E-state index in [9.17, 15) is 18.7 Å². The average molecular weight is 409 g/mol. The van der Waals surface area contributed by atoms with Crippen LogP contribution in [-0.2, 0) is 13.0 Å². The minimum absolute atomic E-state index is 0.0259. The van der Waals surface area contributed by atoms with Gasteiger partial charge in [-0.2, -0.15) is 0 Å². The van der Waals surface area contributed by atoms with E-state index in [1.54, 1.807) is 0 Å². The SMILES string of the molecule is NC(=O)c1cc(-c2ccc(F)cc2F)c2c(n1)CN(C[C@@H](O)c1ccccc1)CC2. The highest BCUT2D eigenvalue weighted by molar-refractivity contribution is 5.92. The zero-order valence-electron chi connectivity index (χ0n) is 16.2. The van der Waals surface area contributed by atoms with Gasteiger partial charge in [-0.25, -0.2) is 13.8 Å². The molecule has 1 atom stereocenters. The Bertz CT molecular complexity index is 1090. The summed E-state index contributed by atoms with van der Waals surface area (Å²) in [6, 6.07) is 14.2. The fourth-order valence-electron chi connectivity index (χ4n) is 3.85. The smallest absolute Gasteiger partial charge is 0.267 e. The molecule has 154 valence electrons. The Morgan fingerprint density at radius 2 is 1.90 bits per heavy atom. The molecule has 0 fully saturated rings. The van der Waals surface area contributed by atoms with Gasteiger partial charge in [0.05, 0.1) is 11.8 Å². The van der Waals surface area contributed by atoms with Crippen molar-refractivity contribution in [1.29, 1.82) is 0 Å². The van der Waals surface area contributed by atoms with Crippen LogP contribution in [0, 0.1) is 11.6 Å². The van der Waals surface area contributed by atoms with E-state index in [0.29, 0.717) is 37.3 Å². The number of hydrogen-bond donors (Lipinski definition) is 2. The first-order chi connectivity index (χ1) is 14.4. The third kappa shape index (κ3) is 4.08. The first-order valence-electron chi connectivity index (χ1n) is 9.65. The molecule has 2 heterocycles. The maximum Gasteiger partial charge on any atom is 0.267 e. The number of primary amides is 1. The van der Waals surface area contributed by atoms with Gasteiger partial charge in [0.1, 0.15) is 17.3 Å². The Labute approximate surface area is 172 Å². The molecule has 0 radical (unpaired) electrons. The maximum atomic E-state index is 14.5. The van der Waals surface area contributed by atoms with Crippen LogP contribution >= 0.6 is 0 Å². The molecular weight excluding hydrogens is 388 g/mol. The van der Waals surface area contributed by atoms with Gasteiger partial charge >= 0.3 is 0 Å². The van der Waals surface area contributed by atoms with E-state index in [1.807, 2.05) is 35.2 Å². The standard InChI is InChI=1S/C23H21F2N3O2/c24-15-6-7-16(19(25)10-15)18-11-20(23(26)30)27-21-12-28(9-8-17(18)21)13-22(29)14-4-2-1-3-5-14/h1-7,10-11,22,29H,8-9,12-13H2,(H2,26,30)/t22-/m1/s1. The highest BCUT2D eigenvalue weighted by atomic mass is 19.1. The number of aromatic nitrogens is 1. The monoisotopic (exact) mass is 409 g/mol. The van der Waals surface area contributed by atoms with E-state index in [0.717, 1.165) is 17.2 Å². The summed E-state index contributed by atoms with van der Waals surface area (Å²) >= 11 is 0. The average Bonchev–Trinajstić information content (AvgIpc) is 2.73. The lowest BCUT2D eigenvalue weighted by atomic mass is 9.92. The van der Waals surface area contributed by atoms with Crippen LogP contribution in [0.2, 0.25) is 0 Å². The minimum atomic E-state index is -0.719. The Kier molecular flexibility index (Phi) is 5.57. The molecule has 7 heteroatoms. The molecule has 0 unspecified atom stereocenters. The van der Waals surface area contributed by atoms with Crippen LogP contribution < -0.4 is 5.73 Å². The predicted octanol–water partition coefficient (Wildman–Crippen LogP) is 3.22. The lowest BCUT2D eigenvalue weighted by Gasteiger charge is -2.31. The molecule has 0 saturated heterocycles. The first-order valence-corrected chi connectivity index (χ1v) is 9.65. The number of aliphatic hydroxyl groups excluding tert-OH is 1. The summed E-state index contributed by atoms with van der Waals surface area (Å²) in [6.45, 7) is 1.41. The summed E-state index contributed by atoms with van der Waals surface area (Å²) in [4.78, 5) is 18.2. The van der Waals surface area contributed by atoms with Crippen LogP contribution in [0.3, 0.4) is 0 Å². The summed E-state index contributed by atoms with van der Waals surface area (Å²) in [5.41, 5.74) is 8.39. The zero-order chi connectivity index (χ0) is 21.3. The quantitative estimate of drug-likeness (QED) is 0.678. The number of pyridine rings is 1. The van der Waals surface area contributed by atoms with Gasteiger partial charge in [-0.05, 0) is 41.3 Å². The molecule has 0 spiro atoms. The van der Waals surface area contributed by atoms with Crippen LogP contribution in [0.15, 0.2) is 54.6 Å². The third-order valence-electron chi connectivity index (χ3n) is 5.35. The number of fused-ring (bicyclic) bond motifs is 1. The largest absolute Gasteiger partial charge is 0.387 e. The molecule has 2 aromatic carbocycles. The van der Waals surface area contributed by atoms with Crippen LogP contribution in [0.4, 0.5) is 8.78 Å². The van der Waals surface area contributed by atoms with E-state index in [-0.39, 0.29) is 11.3 Å². The molecule has 1 aliphatic heterocycles. The van der Waals surface area contributed by atoms with Gasteiger partial charge < -0.3 is 10.8 Å². The maximum absolute atomic E-state index is 14.5. The molecule has 1 aromatic heterocycles. The van der Waals surface area contributed by atoms with Crippen LogP contribution in [0.1, 0.15) is 33.4 Å². The molecule has 1 amide bonds. The number of carbonyl (C=O) groups excluding carboxylic acids is 1. The number of nitrogens with two attached hydrogens (primary N) is 1. The van der Waals surface area contributed by atoms with Crippen molar-refractivity contribution in [2.75, 3.05) is 13.1 Å². The Morgan fingerprint density at radius 1 is 1.13 bits per heavy atom. The van der Waals surface area contributed by atoms with Gasteiger partial charge in [0, 0.05) is 31.3 Å². The highest BCUT2D eigenvalue weighted by Gasteiger charge is 2.25. The molecule has 0 saturated carbocycles. The Morgan fingerprint density at radius 3 is 2.60 bits per heavy atom. The number of nitrogens with zero attached hydrogens (tertiary/aromatic N) is 2. The molecule has 1 aliphatic rings. The molecular formula is C23H21F2N3O2. The number of benzene rings is 2. The second kappa shape index (κ2) is 8.30. The van der Waals surface area contributed by atoms with Crippen molar-refractivity contribution in [1.82, 2.24) is 9.88 Å². The third-order valence-corrected chi connectivity index (χ3v) is 5.35. The van der Waals surface area contributed by atoms with Crippen molar-refractivity contribution in [3.8, 4) is 11.1 Å². The first kappa shape index (κ1) is 20.1. The normalized spacial score (nSPS) is 14.9.